The number of ether oxygens (including phenoxy) is 4. The van der Waals surface area contributed by atoms with E-state index in [-0.39, 0.29) is 62.2 Å². The van der Waals surface area contributed by atoms with E-state index in [1.807, 2.05) is 84.3 Å². The van der Waals surface area contributed by atoms with E-state index in [0.29, 0.717) is 35.6 Å². The molecule has 22 nitrogen and oxygen atoms in total. The van der Waals surface area contributed by atoms with Gasteiger partial charge in [-0.15, -0.1) is 0 Å². The Morgan fingerprint density at radius 3 is 1.20 bits per heavy atom. The second-order valence-electron chi connectivity index (χ2n) is 26.2. The molecule has 3 aliphatic rings. The number of cyclic esters (lactones) is 4. The van der Waals surface area contributed by atoms with E-state index >= 15 is 9.59 Å². The van der Waals surface area contributed by atoms with Crippen LogP contribution in [0.2, 0.25) is 0 Å². The minimum atomic E-state index is -1.58. The summed E-state index contributed by atoms with van der Waals surface area (Å²) in [6.45, 7) is 18.2. The summed E-state index contributed by atoms with van der Waals surface area (Å²) in [5.41, 5.74) is 7.64. The van der Waals surface area contributed by atoms with Crippen molar-refractivity contribution < 1.29 is 57.3 Å². The largest absolute Gasteiger partial charge is 0.451 e. The van der Waals surface area contributed by atoms with Crippen molar-refractivity contribution in [1.82, 2.24) is 39.2 Å². The second kappa shape index (κ2) is 30.4. The van der Waals surface area contributed by atoms with Crippen LogP contribution in [-0.4, -0.2) is 163 Å². The summed E-state index contributed by atoms with van der Waals surface area (Å²) in [4.78, 5) is 123. The molecule has 7 rings (SSSR count). The number of benzene rings is 2. The van der Waals surface area contributed by atoms with E-state index in [0.717, 1.165) is 91.8 Å². The van der Waals surface area contributed by atoms with Gasteiger partial charge in [-0.2, -0.15) is 20.7 Å². The van der Waals surface area contributed by atoms with Crippen molar-refractivity contribution in [2.45, 2.75) is 208 Å². The fourth-order valence-corrected chi connectivity index (χ4v) is 12.2. The van der Waals surface area contributed by atoms with Crippen LogP contribution in [0.4, 0.5) is 0 Å². The molecule has 0 bridgehead atoms. The zero-order valence-corrected chi connectivity index (χ0v) is 54.8. The van der Waals surface area contributed by atoms with Crippen molar-refractivity contribution in [2.75, 3.05) is 28.2 Å². The van der Waals surface area contributed by atoms with E-state index in [9.17, 15) is 39.3 Å². The van der Waals surface area contributed by atoms with Gasteiger partial charge in [0.1, 0.15) is 42.0 Å². The Labute approximate surface area is 529 Å². The predicted octanol–water partition coefficient (Wildman–Crippen LogP) is 6.88. The number of nitrogens with zero attached hydrogens (tertiary/aromatic N) is 10. The van der Waals surface area contributed by atoms with Crippen LogP contribution in [0, 0.1) is 46.3 Å². The number of hydrogen-bond donors (Lipinski definition) is 0. The highest BCUT2D eigenvalue weighted by Gasteiger charge is 2.43. The van der Waals surface area contributed by atoms with Crippen molar-refractivity contribution in [3.05, 3.63) is 105 Å². The number of rotatable bonds is 16. The predicted molar refractivity (Wildman–Crippen MR) is 331 cm³/mol. The number of amides is 4. The van der Waals surface area contributed by atoms with Gasteiger partial charge in [0.2, 0.25) is 0 Å². The molecule has 1 fully saturated rings. The van der Waals surface area contributed by atoms with E-state index in [2.05, 4.69) is 17.2 Å². The van der Waals surface area contributed by atoms with E-state index in [4.69, 9.17) is 24.0 Å². The molecular weight excluding hydrogens is 1150 g/mol. The van der Waals surface area contributed by atoms with E-state index < -0.39 is 96.1 Å². The molecule has 8 atom stereocenters. The van der Waals surface area contributed by atoms with Gasteiger partial charge < -0.3 is 38.5 Å². The first-order valence-electron chi connectivity index (χ1n) is 31.6. The van der Waals surface area contributed by atoms with Gasteiger partial charge in [-0.3, -0.25) is 23.9 Å². The van der Waals surface area contributed by atoms with Crippen LogP contribution in [0.3, 0.4) is 0 Å². The molecule has 0 spiro atoms. The Morgan fingerprint density at radius 2 is 0.811 bits per heavy atom. The number of aryl methyl sites for hydroxylation is 1. The summed E-state index contributed by atoms with van der Waals surface area (Å²) in [6, 6.07) is 13.7. The molecule has 2 aromatic carbocycles. The van der Waals surface area contributed by atoms with Crippen LogP contribution in [-0.2, 0) is 109 Å². The molecule has 3 heterocycles. The quantitative estimate of drug-likeness (QED) is 0.0817. The minimum absolute atomic E-state index is 0.0563. The summed E-state index contributed by atoms with van der Waals surface area (Å²) in [5.74, 6) is -7.73. The maximum absolute atomic E-state index is 15.2. The second-order valence-corrected chi connectivity index (χ2v) is 26.2. The first kappa shape index (κ1) is 69.1. The molecule has 1 saturated heterocycles. The molecule has 4 amide bonds. The van der Waals surface area contributed by atoms with Crippen LogP contribution in [0.1, 0.15) is 164 Å². The van der Waals surface area contributed by atoms with Gasteiger partial charge in [0.05, 0.1) is 18.8 Å². The SMILES string of the molecule is CC(C)C[C@H]1C(=O)O[C@H](Cc2ccc(Cn3nc(C#N)c4c3CCC4)cc2)C(=O)N(C)[C@@H](CC(C)C)C(=O)O[C@H](C)C(=O)N(C)[C@@H](CC(C)C)C(=O)O[C@H](Cc2ccc(Cn3nc4c(c3C#N)CCC4)cc2)C(=O)N(C)[C@@H](CC(C)C)C(=O)O[C@H](C)C(=O)N1C. The third kappa shape index (κ3) is 16.7. The van der Waals surface area contributed by atoms with Crippen molar-refractivity contribution in [3.8, 4) is 12.1 Å². The molecule has 2 aromatic heterocycles. The number of fused-ring (bicyclic) bond motifs is 2. The Kier molecular flexibility index (Phi) is 23.3. The fourth-order valence-electron chi connectivity index (χ4n) is 12.2. The molecule has 484 valence electrons. The van der Waals surface area contributed by atoms with Crippen LogP contribution in [0.15, 0.2) is 48.5 Å². The number of aromatic nitrogens is 4. The Balaban J connectivity index is 1.24. The van der Waals surface area contributed by atoms with Gasteiger partial charge in [0.15, 0.2) is 30.1 Å². The van der Waals surface area contributed by atoms with Gasteiger partial charge >= 0.3 is 23.9 Å². The van der Waals surface area contributed by atoms with Crippen LogP contribution < -0.4 is 0 Å². The van der Waals surface area contributed by atoms with Crippen molar-refractivity contribution in [3.63, 3.8) is 0 Å². The van der Waals surface area contributed by atoms with Crippen LogP contribution in [0.25, 0.3) is 0 Å². The van der Waals surface area contributed by atoms with E-state index in [1.165, 1.54) is 42.0 Å². The molecule has 0 saturated carbocycles. The molecule has 90 heavy (non-hydrogen) atoms. The first-order valence-corrected chi connectivity index (χ1v) is 31.6. The summed E-state index contributed by atoms with van der Waals surface area (Å²) < 4.78 is 27.9. The minimum Gasteiger partial charge on any atom is -0.451 e. The standard InChI is InChI=1S/C68H90N10O12/c1-39(2)29-54-65(83)87-44(10)62(80)74(12)57(32-42(7)8)68(86)90-60(34-46-23-27-48(28-24-46)38-78-58(36-70)49-17-15-19-51(49)71-78)64(82)76(14)55(30-40(3)4)66(84)88-43(9)61(79)73(11)56(31-41(5)6)67(85)89-59(63(81)75(54)13)33-45-21-25-47(26-22-45)37-77-53-20-16-18-50(53)52(35-69)72-77/h21-28,39-44,54-57,59-60H,15-20,29-34,37-38H2,1-14H3/t43-,44-,54+,55+,56+,57+,59-,60-/m1/s1. The van der Waals surface area contributed by atoms with Gasteiger partial charge in [-0.25, -0.2) is 23.9 Å². The zero-order chi connectivity index (χ0) is 66.0. The van der Waals surface area contributed by atoms with E-state index in [1.54, 1.807) is 28.9 Å². The molecule has 0 radical (unpaired) electrons. The Morgan fingerprint density at radius 1 is 0.456 bits per heavy atom. The summed E-state index contributed by atoms with van der Waals surface area (Å²) >= 11 is 0. The molecule has 0 unspecified atom stereocenters. The number of hydrogen-bond acceptors (Lipinski definition) is 16. The molecule has 22 heteroatoms. The molecule has 4 aromatic rings. The fraction of sp³-hybridized carbons (Fsp3) is 0.588. The summed E-state index contributed by atoms with van der Waals surface area (Å²) in [7, 11) is 5.53. The maximum atomic E-state index is 15.2. The summed E-state index contributed by atoms with van der Waals surface area (Å²) in [6.07, 6.45) is -1.24. The lowest BCUT2D eigenvalue weighted by Gasteiger charge is -2.35. The van der Waals surface area contributed by atoms with Crippen molar-refractivity contribution >= 4 is 47.5 Å². The maximum Gasteiger partial charge on any atom is 0.329 e. The number of carbonyl (C=O) groups is 8. The van der Waals surface area contributed by atoms with Gasteiger partial charge in [0, 0.05) is 57.9 Å². The normalized spacial score (nSPS) is 23.0. The number of esters is 4. The van der Waals surface area contributed by atoms with Gasteiger partial charge in [0.25, 0.3) is 23.6 Å². The highest BCUT2D eigenvalue weighted by Crippen LogP contribution is 2.29. The van der Waals surface area contributed by atoms with Crippen LogP contribution in [0.5, 0.6) is 0 Å². The monoisotopic (exact) mass is 1240 g/mol. The third-order valence-electron chi connectivity index (χ3n) is 17.2. The topological polar surface area (TPSA) is 270 Å². The van der Waals surface area contributed by atoms with Gasteiger partial charge in [-0.05, 0) is 124 Å². The molecule has 0 N–H and O–H groups in total. The van der Waals surface area contributed by atoms with Crippen molar-refractivity contribution in [1.29, 1.82) is 10.5 Å². The average Bonchev–Trinajstić information content (AvgIpc) is 1.94. The zero-order valence-electron chi connectivity index (χ0n) is 54.8. The number of carbonyl (C=O) groups excluding carboxylic acids is 8. The first-order chi connectivity index (χ1) is 42.6. The highest BCUT2D eigenvalue weighted by molar-refractivity contribution is 5.94. The third-order valence-corrected chi connectivity index (χ3v) is 17.2. The molecule has 2 aliphatic carbocycles. The number of nitriles is 2. The molecule has 1 aliphatic heterocycles. The van der Waals surface area contributed by atoms with Gasteiger partial charge in [-0.1, -0.05) is 104 Å². The Hall–Kier alpha value is -8.40. The Bertz CT molecular complexity index is 3340. The smallest absolute Gasteiger partial charge is 0.329 e. The average molecular weight is 1240 g/mol. The van der Waals surface area contributed by atoms with Crippen LogP contribution >= 0.6 is 0 Å². The van der Waals surface area contributed by atoms with Crippen molar-refractivity contribution in [2.24, 2.45) is 23.7 Å². The lowest BCUT2D eigenvalue weighted by molar-refractivity contribution is -0.176. The molecular formula is C68H90N10O12. The lowest BCUT2D eigenvalue weighted by Crippen LogP contribution is -2.55. The number of likely N-dealkylation sites (N-methyl/N-ethyl adjacent to an activating group) is 4. The highest BCUT2D eigenvalue weighted by atomic mass is 16.6. The lowest BCUT2D eigenvalue weighted by atomic mass is 9.99. The summed E-state index contributed by atoms with van der Waals surface area (Å²) in [5, 5.41) is 29.0.